The van der Waals surface area contributed by atoms with Crippen LogP contribution < -0.4 is 5.32 Å². The third kappa shape index (κ3) is 2.53. The monoisotopic (exact) mass is 262 g/mol. The molecule has 98 valence electrons. The SMILES string of the molecule is N#Cc1ccc(CNCc2cnn3ccccc23)cc1. The molecular formula is C16H14N4. The van der Waals surface area contributed by atoms with Crippen molar-refractivity contribution in [1.82, 2.24) is 14.9 Å². The molecule has 0 aliphatic carbocycles. The predicted molar refractivity (Wildman–Crippen MR) is 76.9 cm³/mol. The zero-order valence-electron chi connectivity index (χ0n) is 11.0. The molecule has 3 aromatic rings. The van der Waals surface area contributed by atoms with E-state index in [0.29, 0.717) is 5.56 Å². The van der Waals surface area contributed by atoms with E-state index in [1.165, 1.54) is 11.1 Å². The topological polar surface area (TPSA) is 53.1 Å². The highest BCUT2D eigenvalue weighted by atomic mass is 15.2. The Balaban J connectivity index is 1.63. The normalized spacial score (nSPS) is 10.6. The molecule has 3 rings (SSSR count). The molecule has 2 aromatic heterocycles. The number of nitrogens with zero attached hydrogens (tertiary/aromatic N) is 3. The molecule has 0 saturated carbocycles. The van der Waals surface area contributed by atoms with E-state index < -0.39 is 0 Å². The number of hydrogen-bond donors (Lipinski definition) is 1. The van der Waals surface area contributed by atoms with E-state index in [2.05, 4.69) is 22.6 Å². The summed E-state index contributed by atoms with van der Waals surface area (Å²) < 4.78 is 1.87. The van der Waals surface area contributed by atoms with Gasteiger partial charge in [-0.1, -0.05) is 18.2 Å². The summed E-state index contributed by atoms with van der Waals surface area (Å²) in [5.74, 6) is 0. The van der Waals surface area contributed by atoms with Gasteiger partial charge in [-0.25, -0.2) is 4.52 Å². The van der Waals surface area contributed by atoms with Gasteiger partial charge in [-0.05, 0) is 29.8 Å². The van der Waals surface area contributed by atoms with Gasteiger partial charge in [0, 0.05) is 24.8 Å². The Morgan fingerprint density at radius 2 is 1.95 bits per heavy atom. The lowest BCUT2D eigenvalue weighted by Gasteiger charge is -2.04. The van der Waals surface area contributed by atoms with Gasteiger partial charge in [0.05, 0.1) is 23.3 Å². The summed E-state index contributed by atoms with van der Waals surface area (Å²) in [5, 5.41) is 16.5. The molecule has 4 heteroatoms. The number of aromatic nitrogens is 2. The molecule has 0 bridgehead atoms. The maximum atomic E-state index is 8.76. The molecular weight excluding hydrogens is 248 g/mol. The van der Waals surface area contributed by atoms with Crippen molar-refractivity contribution in [3.8, 4) is 6.07 Å². The predicted octanol–water partition coefficient (Wildman–Crippen LogP) is 2.50. The second-order valence-corrected chi connectivity index (χ2v) is 4.61. The van der Waals surface area contributed by atoms with Gasteiger partial charge in [-0.15, -0.1) is 0 Å². The standard InChI is InChI=1S/C16H14N4/c17-9-13-4-6-14(7-5-13)10-18-11-15-12-19-20-8-2-1-3-16(15)20/h1-8,12,18H,10-11H2. The Kier molecular flexibility index (Phi) is 3.44. The molecule has 0 aliphatic heterocycles. The Morgan fingerprint density at radius 3 is 2.75 bits per heavy atom. The number of pyridine rings is 1. The van der Waals surface area contributed by atoms with Gasteiger partial charge < -0.3 is 5.32 Å². The molecule has 0 spiro atoms. The highest BCUT2D eigenvalue weighted by Gasteiger charge is 2.02. The highest BCUT2D eigenvalue weighted by Crippen LogP contribution is 2.10. The maximum absolute atomic E-state index is 8.76. The van der Waals surface area contributed by atoms with Gasteiger partial charge in [0.15, 0.2) is 0 Å². The lowest BCUT2D eigenvalue weighted by Crippen LogP contribution is -2.12. The number of benzene rings is 1. The number of rotatable bonds is 4. The number of hydrogen-bond acceptors (Lipinski definition) is 3. The fraction of sp³-hybridized carbons (Fsp3) is 0.125. The van der Waals surface area contributed by atoms with E-state index in [1.807, 2.05) is 53.3 Å². The molecule has 4 nitrogen and oxygen atoms in total. The quantitative estimate of drug-likeness (QED) is 0.786. The molecule has 1 N–H and O–H groups in total. The molecule has 0 unspecified atom stereocenters. The molecule has 2 heterocycles. The number of nitrogens with one attached hydrogen (secondary N) is 1. The maximum Gasteiger partial charge on any atom is 0.0991 e. The minimum atomic E-state index is 0.691. The van der Waals surface area contributed by atoms with Crippen LogP contribution in [0.4, 0.5) is 0 Å². The van der Waals surface area contributed by atoms with Gasteiger partial charge in [0.1, 0.15) is 0 Å². The average molecular weight is 262 g/mol. The van der Waals surface area contributed by atoms with Crippen molar-refractivity contribution < 1.29 is 0 Å². The Morgan fingerprint density at radius 1 is 1.10 bits per heavy atom. The fourth-order valence-corrected chi connectivity index (χ4v) is 2.16. The second-order valence-electron chi connectivity index (χ2n) is 4.61. The first-order valence-corrected chi connectivity index (χ1v) is 6.48. The molecule has 1 aromatic carbocycles. The van der Waals surface area contributed by atoms with Crippen LogP contribution in [0.5, 0.6) is 0 Å². The molecule has 0 radical (unpaired) electrons. The summed E-state index contributed by atoms with van der Waals surface area (Å²) in [4.78, 5) is 0. The zero-order valence-corrected chi connectivity index (χ0v) is 11.0. The van der Waals surface area contributed by atoms with Crippen LogP contribution >= 0.6 is 0 Å². The van der Waals surface area contributed by atoms with E-state index in [-0.39, 0.29) is 0 Å². The van der Waals surface area contributed by atoms with Crippen LogP contribution in [-0.2, 0) is 13.1 Å². The first-order valence-electron chi connectivity index (χ1n) is 6.48. The van der Waals surface area contributed by atoms with Crippen LogP contribution in [0.3, 0.4) is 0 Å². The van der Waals surface area contributed by atoms with Crippen LogP contribution in [0.2, 0.25) is 0 Å². The smallest absolute Gasteiger partial charge is 0.0991 e. The van der Waals surface area contributed by atoms with E-state index in [1.54, 1.807) is 0 Å². The molecule has 0 amide bonds. The summed E-state index contributed by atoms with van der Waals surface area (Å²) in [6.45, 7) is 1.55. The Bertz CT molecular complexity index is 750. The van der Waals surface area contributed by atoms with Gasteiger partial charge in [-0.2, -0.15) is 10.4 Å². The summed E-state index contributed by atoms with van der Waals surface area (Å²) in [6.07, 6.45) is 3.83. The minimum Gasteiger partial charge on any atom is -0.308 e. The fourth-order valence-electron chi connectivity index (χ4n) is 2.16. The third-order valence-corrected chi connectivity index (χ3v) is 3.23. The molecule has 20 heavy (non-hydrogen) atoms. The summed E-state index contributed by atoms with van der Waals surface area (Å²) in [7, 11) is 0. The van der Waals surface area contributed by atoms with Crippen molar-refractivity contribution in [1.29, 1.82) is 5.26 Å². The van der Waals surface area contributed by atoms with E-state index in [0.717, 1.165) is 18.6 Å². The zero-order chi connectivity index (χ0) is 13.8. The molecule has 0 saturated heterocycles. The third-order valence-electron chi connectivity index (χ3n) is 3.23. The van der Waals surface area contributed by atoms with Gasteiger partial charge >= 0.3 is 0 Å². The van der Waals surface area contributed by atoms with Crippen molar-refractivity contribution in [3.63, 3.8) is 0 Å². The number of fused-ring (bicyclic) bond motifs is 1. The van der Waals surface area contributed by atoms with Crippen LogP contribution in [0.15, 0.2) is 54.9 Å². The molecule has 0 fully saturated rings. The van der Waals surface area contributed by atoms with E-state index >= 15 is 0 Å². The van der Waals surface area contributed by atoms with Gasteiger partial charge in [0.25, 0.3) is 0 Å². The van der Waals surface area contributed by atoms with E-state index in [9.17, 15) is 0 Å². The van der Waals surface area contributed by atoms with Crippen LogP contribution in [-0.4, -0.2) is 9.61 Å². The van der Waals surface area contributed by atoms with E-state index in [4.69, 9.17) is 5.26 Å². The Labute approximate surface area is 117 Å². The summed E-state index contributed by atoms with van der Waals surface area (Å²) in [6, 6.07) is 15.8. The lowest BCUT2D eigenvalue weighted by molar-refractivity contribution is 0.696. The largest absolute Gasteiger partial charge is 0.308 e. The van der Waals surface area contributed by atoms with Crippen molar-refractivity contribution in [2.24, 2.45) is 0 Å². The van der Waals surface area contributed by atoms with Crippen molar-refractivity contribution in [3.05, 3.63) is 71.5 Å². The van der Waals surface area contributed by atoms with Crippen LogP contribution in [0, 0.1) is 11.3 Å². The molecule has 0 aliphatic rings. The lowest BCUT2D eigenvalue weighted by atomic mass is 10.1. The van der Waals surface area contributed by atoms with Gasteiger partial charge in [-0.3, -0.25) is 0 Å². The van der Waals surface area contributed by atoms with Crippen LogP contribution in [0.1, 0.15) is 16.7 Å². The summed E-state index contributed by atoms with van der Waals surface area (Å²) in [5.41, 5.74) is 4.16. The van der Waals surface area contributed by atoms with Crippen LogP contribution in [0.25, 0.3) is 5.52 Å². The second kappa shape index (κ2) is 5.55. The van der Waals surface area contributed by atoms with Crippen molar-refractivity contribution in [2.75, 3.05) is 0 Å². The molecule has 0 atom stereocenters. The average Bonchev–Trinajstić information content (AvgIpc) is 2.92. The van der Waals surface area contributed by atoms with Gasteiger partial charge in [0.2, 0.25) is 0 Å². The van der Waals surface area contributed by atoms with Crippen molar-refractivity contribution >= 4 is 5.52 Å². The highest BCUT2D eigenvalue weighted by molar-refractivity contribution is 5.53. The first-order chi connectivity index (χ1) is 9.86. The number of nitriles is 1. The minimum absolute atomic E-state index is 0.691. The first kappa shape index (κ1) is 12.4. The Hall–Kier alpha value is -2.64. The van der Waals surface area contributed by atoms with Crippen molar-refractivity contribution in [2.45, 2.75) is 13.1 Å². The summed E-state index contributed by atoms with van der Waals surface area (Å²) >= 11 is 0.